The zero-order valence-corrected chi connectivity index (χ0v) is 18.5. The van der Waals surface area contributed by atoms with Gasteiger partial charge in [-0.1, -0.05) is 91.0 Å². The molecular weight excluding hydrogens is 383 g/mol. The molecule has 1 heterocycles. The van der Waals surface area contributed by atoms with Crippen LogP contribution in [0.3, 0.4) is 0 Å². The summed E-state index contributed by atoms with van der Waals surface area (Å²) in [5.74, 6) is 0. The molecule has 162 valence electrons. The van der Waals surface area contributed by atoms with Crippen LogP contribution in [0, 0.1) is 5.41 Å². The number of nitrogens with zero attached hydrogens (tertiary/aromatic N) is 2. The van der Waals surface area contributed by atoms with Gasteiger partial charge in [0, 0.05) is 37.6 Å². The van der Waals surface area contributed by atoms with Crippen LogP contribution >= 0.6 is 0 Å². The van der Waals surface area contributed by atoms with E-state index < -0.39 is 0 Å². The fourth-order valence-electron chi connectivity index (χ4n) is 4.85. The Morgan fingerprint density at radius 2 is 1.35 bits per heavy atom. The molecule has 0 amide bonds. The van der Waals surface area contributed by atoms with Gasteiger partial charge in [-0.15, -0.1) is 0 Å². The molecule has 2 atom stereocenters. The summed E-state index contributed by atoms with van der Waals surface area (Å²) in [5, 5.41) is 0. The van der Waals surface area contributed by atoms with Crippen molar-refractivity contribution in [1.29, 1.82) is 0 Å². The minimum atomic E-state index is -0.313. The monoisotopic (exact) mass is 416 g/mol. The molecule has 0 unspecified atom stereocenters. The number of alkyl halides is 1. The van der Waals surface area contributed by atoms with Crippen LogP contribution in [0.4, 0.5) is 4.39 Å². The van der Waals surface area contributed by atoms with Crippen LogP contribution < -0.4 is 0 Å². The second-order valence-corrected chi connectivity index (χ2v) is 9.06. The lowest BCUT2D eigenvalue weighted by molar-refractivity contribution is 0.103. The highest BCUT2D eigenvalue weighted by molar-refractivity contribution is 5.20. The lowest BCUT2D eigenvalue weighted by atomic mass is 9.87. The van der Waals surface area contributed by atoms with Gasteiger partial charge < -0.3 is 0 Å². The Morgan fingerprint density at radius 1 is 0.839 bits per heavy atom. The molecule has 0 aromatic heterocycles. The van der Waals surface area contributed by atoms with Crippen molar-refractivity contribution in [2.45, 2.75) is 32.5 Å². The van der Waals surface area contributed by atoms with Crippen molar-refractivity contribution in [2.75, 3.05) is 26.3 Å². The van der Waals surface area contributed by atoms with E-state index >= 15 is 0 Å². The maximum Gasteiger partial charge on any atom is 0.0975 e. The fourth-order valence-corrected chi connectivity index (χ4v) is 4.85. The maximum atomic E-state index is 14.6. The minimum absolute atomic E-state index is 0.273. The van der Waals surface area contributed by atoms with Gasteiger partial charge in [-0.3, -0.25) is 14.2 Å². The number of rotatable bonds is 9. The molecule has 0 bridgehead atoms. The Balaban J connectivity index is 1.50. The average Bonchev–Trinajstić information content (AvgIpc) is 3.25. The first-order valence-electron chi connectivity index (χ1n) is 11.3. The average molecular weight is 417 g/mol. The van der Waals surface area contributed by atoms with Crippen LogP contribution in [0.15, 0.2) is 91.0 Å². The van der Waals surface area contributed by atoms with E-state index in [9.17, 15) is 4.39 Å². The summed E-state index contributed by atoms with van der Waals surface area (Å²) in [6, 6.07) is 32.0. The molecular formula is C28H33FN2. The number of hydrogen-bond acceptors (Lipinski definition) is 2. The van der Waals surface area contributed by atoms with E-state index in [1.54, 1.807) is 0 Å². The highest BCUT2D eigenvalue weighted by atomic mass is 19.1. The maximum absolute atomic E-state index is 14.6. The smallest absolute Gasteiger partial charge is 0.0975 e. The van der Waals surface area contributed by atoms with Crippen molar-refractivity contribution >= 4 is 0 Å². The van der Waals surface area contributed by atoms with Crippen LogP contribution in [-0.4, -0.2) is 36.1 Å². The van der Waals surface area contributed by atoms with Crippen LogP contribution in [0.1, 0.15) is 36.1 Å². The molecule has 0 saturated carbocycles. The van der Waals surface area contributed by atoms with Crippen molar-refractivity contribution in [3.05, 3.63) is 108 Å². The van der Waals surface area contributed by atoms with Gasteiger partial charge in [0.1, 0.15) is 0 Å². The minimum Gasteiger partial charge on any atom is -0.296 e. The van der Waals surface area contributed by atoms with Gasteiger partial charge >= 0.3 is 0 Å². The molecule has 1 fully saturated rings. The van der Waals surface area contributed by atoms with Gasteiger partial charge in [0.25, 0.3) is 0 Å². The van der Waals surface area contributed by atoms with Gasteiger partial charge in [-0.25, -0.2) is 0 Å². The summed E-state index contributed by atoms with van der Waals surface area (Å²) in [6.07, 6.45) is 0.904. The summed E-state index contributed by atoms with van der Waals surface area (Å²) in [4.78, 5) is 4.89. The third-order valence-corrected chi connectivity index (χ3v) is 6.64. The zero-order valence-electron chi connectivity index (χ0n) is 18.5. The molecule has 2 nitrogen and oxygen atoms in total. The summed E-state index contributed by atoms with van der Waals surface area (Å²) < 4.78 is 14.6. The SMILES string of the molecule is C[C@H](c1ccccc1)N1CC[C@](CF)(CN(Cc2ccccc2)Cc2ccccc2)C1. The van der Waals surface area contributed by atoms with Crippen LogP contribution in [0.2, 0.25) is 0 Å². The van der Waals surface area contributed by atoms with Gasteiger partial charge in [0.15, 0.2) is 0 Å². The number of hydrogen-bond donors (Lipinski definition) is 0. The Hall–Kier alpha value is -2.49. The standard InChI is InChI=1S/C28H33FN2/c1-24(27-15-9-4-10-16-27)31-18-17-28(21-29,23-31)22-30(19-25-11-5-2-6-12-25)20-26-13-7-3-8-14-26/h2-16,24H,17-23H2,1H3/t24-,28+/m1/s1. The molecule has 0 spiro atoms. The van der Waals surface area contributed by atoms with Crippen molar-refractivity contribution in [1.82, 2.24) is 9.80 Å². The van der Waals surface area contributed by atoms with Crippen molar-refractivity contribution in [3.63, 3.8) is 0 Å². The molecule has 1 saturated heterocycles. The summed E-state index contributed by atoms with van der Waals surface area (Å²) in [6.45, 7) is 6.17. The Morgan fingerprint density at radius 3 is 1.87 bits per heavy atom. The second-order valence-electron chi connectivity index (χ2n) is 9.06. The third kappa shape index (κ3) is 5.61. The van der Waals surface area contributed by atoms with E-state index in [-0.39, 0.29) is 12.1 Å². The van der Waals surface area contributed by atoms with Gasteiger partial charge in [0.05, 0.1) is 6.67 Å². The molecule has 3 heteroatoms. The fraction of sp³-hybridized carbons (Fsp3) is 0.357. The van der Waals surface area contributed by atoms with Gasteiger partial charge in [-0.05, 0) is 36.6 Å². The summed E-state index contributed by atoms with van der Waals surface area (Å²) in [7, 11) is 0. The zero-order chi connectivity index (χ0) is 21.5. The van der Waals surface area contributed by atoms with Crippen molar-refractivity contribution in [2.24, 2.45) is 5.41 Å². The normalized spacial score (nSPS) is 20.2. The molecule has 4 rings (SSSR count). The highest BCUT2D eigenvalue weighted by Gasteiger charge is 2.41. The molecule has 31 heavy (non-hydrogen) atoms. The first-order valence-corrected chi connectivity index (χ1v) is 11.3. The van der Waals surface area contributed by atoms with Crippen LogP contribution in [0.25, 0.3) is 0 Å². The van der Waals surface area contributed by atoms with E-state index in [1.165, 1.54) is 16.7 Å². The summed E-state index contributed by atoms with van der Waals surface area (Å²) >= 11 is 0. The Labute approximate surface area is 186 Å². The van der Waals surface area contributed by atoms with E-state index in [4.69, 9.17) is 0 Å². The number of halogens is 1. The largest absolute Gasteiger partial charge is 0.296 e. The van der Waals surface area contributed by atoms with E-state index in [1.807, 2.05) is 12.1 Å². The Bertz CT molecular complexity index is 874. The van der Waals surface area contributed by atoms with Gasteiger partial charge in [0.2, 0.25) is 0 Å². The Kier molecular flexibility index (Phi) is 7.16. The van der Waals surface area contributed by atoms with Crippen LogP contribution in [0.5, 0.6) is 0 Å². The molecule has 0 N–H and O–H groups in total. The molecule has 3 aromatic rings. The van der Waals surface area contributed by atoms with Crippen LogP contribution in [-0.2, 0) is 13.1 Å². The molecule has 1 aliphatic heterocycles. The van der Waals surface area contributed by atoms with E-state index in [0.29, 0.717) is 6.04 Å². The lowest BCUT2D eigenvalue weighted by Crippen LogP contribution is -2.41. The predicted molar refractivity (Wildman–Crippen MR) is 126 cm³/mol. The molecule has 0 radical (unpaired) electrons. The highest BCUT2D eigenvalue weighted by Crippen LogP contribution is 2.37. The lowest BCUT2D eigenvalue weighted by Gasteiger charge is -2.35. The first kappa shape index (κ1) is 21.7. The first-order chi connectivity index (χ1) is 15.2. The quantitative estimate of drug-likeness (QED) is 0.415. The van der Waals surface area contributed by atoms with E-state index in [2.05, 4.69) is 95.6 Å². The van der Waals surface area contributed by atoms with E-state index in [0.717, 1.165) is 39.1 Å². The predicted octanol–water partition coefficient (Wildman–Crippen LogP) is 6.11. The number of likely N-dealkylation sites (tertiary alicyclic amines) is 1. The topological polar surface area (TPSA) is 6.48 Å². The van der Waals surface area contributed by atoms with Gasteiger partial charge in [-0.2, -0.15) is 0 Å². The molecule has 1 aliphatic rings. The molecule has 3 aromatic carbocycles. The summed E-state index contributed by atoms with van der Waals surface area (Å²) in [5.41, 5.74) is 3.55. The van der Waals surface area contributed by atoms with Crippen molar-refractivity contribution in [3.8, 4) is 0 Å². The molecule has 0 aliphatic carbocycles. The third-order valence-electron chi connectivity index (χ3n) is 6.64. The second kappa shape index (κ2) is 10.2. The van der Waals surface area contributed by atoms with Crippen molar-refractivity contribution < 1.29 is 4.39 Å². The number of benzene rings is 3.